The fourth-order valence-corrected chi connectivity index (χ4v) is 1.95. The summed E-state index contributed by atoms with van der Waals surface area (Å²) < 4.78 is 0. The van der Waals surface area contributed by atoms with Crippen LogP contribution in [0.4, 0.5) is 5.69 Å². The van der Waals surface area contributed by atoms with Crippen molar-refractivity contribution in [2.75, 3.05) is 11.9 Å². The van der Waals surface area contributed by atoms with Gasteiger partial charge in [0, 0.05) is 25.5 Å². The van der Waals surface area contributed by atoms with Gasteiger partial charge in [0.05, 0.1) is 24.1 Å². The monoisotopic (exact) mass is 242 g/mol. The van der Waals surface area contributed by atoms with E-state index in [1.807, 2.05) is 44.4 Å². The summed E-state index contributed by atoms with van der Waals surface area (Å²) in [5.74, 6) is 0. The summed E-state index contributed by atoms with van der Waals surface area (Å²) in [6, 6.07) is 8.01. The quantitative estimate of drug-likeness (QED) is 0.889. The third-order valence-electron chi connectivity index (χ3n) is 2.86. The normalized spacial score (nSPS) is 10.4. The summed E-state index contributed by atoms with van der Waals surface area (Å²) in [5, 5.41) is 0. The first kappa shape index (κ1) is 12.5. The summed E-state index contributed by atoms with van der Waals surface area (Å²) in [6.07, 6.45) is 3.61. The Morgan fingerprint density at radius 3 is 2.83 bits per heavy atom. The molecule has 94 valence electrons. The number of anilines is 1. The highest BCUT2D eigenvalue weighted by Crippen LogP contribution is 2.18. The third kappa shape index (κ3) is 2.84. The van der Waals surface area contributed by atoms with Gasteiger partial charge in [-0.2, -0.15) is 0 Å². The Bertz CT molecular complexity index is 525. The molecule has 0 spiro atoms. The predicted molar refractivity (Wildman–Crippen MR) is 73.2 cm³/mol. The van der Waals surface area contributed by atoms with Gasteiger partial charge < -0.3 is 10.6 Å². The molecule has 0 aromatic carbocycles. The van der Waals surface area contributed by atoms with Gasteiger partial charge in [-0.25, -0.2) is 0 Å². The van der Waals surface area contributed by atoms with E-state index < -0.39 is 0 Å². The van der Waals surface area contributed by atoms with E-state index >= 15 is 0 Å². The topological polar surface area (TPSA) is 55.0 Å². The Balaban J connectivity index is 2.19. The van der Waals surface area contributed by atoms with Crippen LogP contribution in [0, 0.1) is 6.92 Å². The van der Waals surface area contributed by atoms with Crippen molar-refractivity contribution in [1.29, 1.82) is 0 Å². The standard InChI is InChI=1S/C14H18N4/c1-11-4-3-5-13(17-11)10-18(2)14-9-16-7-6-12(14)8-15/h3-7,9H,8,10,15H2,1-2H3. The maximum absolute atomic E-state index is 5.74. The third-order valence-corrected chi connectivity index (χ3v) is 2.86. The molecule has 2 heterocycles. The van der Waals surface area contributed by atoms with Gasteiger partial charge in [-0.1, -0.05) is 6.07 Å². The zero-order chi connectivity index (χ0) is 13.0. The first-order valence-electron chi connectivity index (χ1n) is 5.97. The summed E-state index contributed by atoms with van der Waals surface area (Å²) in [4.78, 5) is 10.8. The lowest BCUT2D eigenvalue weighted by Gasteiger charge is -2.21. The van der Waals surface area contributed by atoms with Crippen LogP contribution in [0.5, 0.6) is 0 Å². The molecule has 4 nitrogen and oxygen atoms in total. The van der Waals surface area contributed by atoms with Crippen molar-refractivity contribution in [3.05, 3.63) is 53.6 Å². The van der Waals surface area contributed by atoms with Crippen LogP contribution in [0.2, 0.25) is 0 Å². The second kappa shape index (κ2) is 5.60. The van der Waals surface area contributed by atoms with E-state index in [-0.39, 0.29) is 0 Å². The molecule has 0 saturated carbocycles. The van der Waals surface area contributed by atoms with E-state index in [1.165, 1.54) is 0 Å². The molecule has 2 aromatic rings. The molecular weight excluding hydrogens is 224 g/mol. The van der Waals surface area contributed by atoms with Gasteiger partial charge >= 0.3 is 0 Å². The van der Waals surface area contributed by atoms with E-state index in [1.54, 1.807) is 6.20 Å². The van der Waals surface area contributed by atoms with E-state index in [2.05, 4.69) is 14.9 Å². The number of pyridine rings is 2. The van der Waals surface area contributed by atoms with Gasteiger partial charge in [-0.3, -0.25) is 9.97 Å². The van der Waals surface area contributed by atoms with Crippen molar-refractivity contribution in [2.24, 2.45) is 5.73 Å². The molecule has 0 aliphatic heterocycles. The Morgan fingerprint density at radius 2 is 2.11 bits per heavy atom. The molecule has 0 bridgehead atoms. The number of rotatable bonds is 4. The number of nitrogens with two attached hydrogens (primary N) is 1. The molecular formula is C14H18N4. The molecule has 0 unspecified atom stereocenters. The van der Waals surface area contributed by atoms with Crippen molar-refractivity contribution in [3.8, 4) is 0 Å². The van der Waals surface area contributed by atoms with Crippen LogP contribution in [-0.2, 0) is 13.1 Å². The molecule has 0 fully saturated rings. The molecule has 2 rings (SSSR count). The average Bonchev–Trinajstić information content (AvgIpc) is 2.38. The minimum atomic E-state index is 0.517. The van der Waals surface area contributed by atoms with Crippen LogP contribution >= 0.6 is 0 Å². The molecule has 0 atom stereocenters. The van der Waals surface area contributed by atoms with Gasteiger partial charge in [-0.05, 0) is 30.7 Å². The zero-order valence-corrected chi connectivity index (χ0v) is 10.8. The van der Waals surface area contributed by atoms with Crippen LogP contribution in [0.1, 0.15) is 17.0 Å². The maximum Gasteiger partial charge on any atom is 0.0600 e. The molecule has 18 heavy (non-hydrogen) atoms. The van der Waals surface area contributed by atoms with Gasteiger partial charge in [0.15, 0.2) is 0 Å². The lowest BCUT2D eigenvalue weighted by molar-refractivity contribution is 0.861. The average molecular weight is 242 g/mol. The lowest BCUT2D eigenvalue weighted by atomic mass is 10.2. The van der Waals surface area contributed by atoms with Gasteiger partial charge in [-0.15, -0.1) is 0 Å². The highest BCUT2D eigenvalue weighted by atomic mass is 15.1. The lowest BCUT2D eigenvalue weighted by Crippen LogP contribution is -2.20. The maximum atomic E-state index is 5.74. The van der Waals surface area contributed by atoms with Crippen LogP contribution < -0.4 is 10.6 Å². The first-order chi connectivity index (χ1) is 8.70. The number of hydrogen-bond donors (Lipinski definition) is 1. The molecule has 0 radical (unpaired) electrons. The van der Waals surface area contributed by atoms with E-state index in [9.17, 15) is 0 Å². The fourth-order valence-electron chi connectivity index (χ4n) is 1.95. The smallest absolute Gasteiger partial charge is 0.0600 e. The van der Waals surface area contributed by atoms with E-state index in [4.69, 9.17) is 5.73 Å². The molecule has 0 saturated heterocycles. The zero-order valence-electron chi connectivity index (χ0n) is 10.8. The van der Waals surface area contributed by atoms with E-state index in [0.717, 1.165) is 29.2 Å². The van der Waals surface area contributed by atoms with Crippen LogP contribution in [0.3, 0.4) is 0 Å². The molecule has 0 amide bonds. The van der Waals surface area contributed by atoms with Crippen LogP contribution in [0.25, 0.3) is 0 Å². The van der Waals surface area contributed by atoms with Crippen molar-refractivity contribution < 1.29 is 0 Å². The number of aromatic nitrogens is 2. The second-order valence-electron chi connectivity index (χ2n) is 4.33. The van der Waals surface area contributed by atoms with E-state index in [0.29, 0.717) is 6.54 Å². The summed E-state index contributed by atoms with van der Waals surface area (Å²) in [6.45, 7) is 3.27. The molecule has 0 aliphatic carbocycles. The Kier molecular flexibility index (Phi) is 3.89. The Hall–Kier alpha value is -1.94. The molecule has 2 aromatic heterocycles. The number of nitrogens with zero attached hydrogens (tertiary/aromatic N) is 3. The van der Waals surface area contributed by atoms with Gasteiger partial charge in [0.2, 0.25) is 0 Å². The van der Waals surface area contributed by atoms with Gasteiger partial charge in [0.1, 0.15) is 0 Å². The molecule has 4 heteroatoms. The summed E-state index contributed by atoms with van der Waals surface area (Å²) >= 11 is 0. The minimum absolute atomic E-state index is 0.517. The predicted octanol–water partition coefficient (Wildman–Crippen LogP) is 1.88. The van der Waals surface area contributed by atoms with Crippen molar-refractivity contribution in [1.82, 2.24) is 9.97 Å². The first-order valence-corrected chi connectivity index (χ1v) is 5.97. The highest BCUT2D eigenvalue weighted by molar-refractivity contribution is 5.51. The minimum Gasteiger partial charge on any atom is -0.367 e. The van der Waals surface area contributed by atoms with Crippen LogP contribution in [-0.4, -0.2) is 17.0 Å². The molecule has 0 aliphatic rings. The number of hydrogen-bond acceptors (Lipinski definition) is 4. The van der Waals surface area contributed by atoms with Gasteiger partial charge in [0.25, 0.3) is 0 Å². The summed E-state index contributed by atoms with van der Waals surface area (Å²) in [5.41, 5.74) is 9.97. The summed E-state index contributed by atoms with van der Waals surface area (Å²) in [7, 11) is 2.03. The SMILES string of the molecule is Cc1cccc(CN(C)c2cnccc2CN)n1. The van der Waals surface area contributed by atoms with Crippen molar-refractivity contribution >= 4 is 5.69 Å². The van der Waals surface area contributed by atoms with Crippen molar-refractivity contribution in [2.45, 2.75) is 20.0 Å². The Morgan fingerprint density at radius 1 is 1.28 bits per heavy atom. The number of aryl methyl sites for hydroxylation is 1. The van der Waals surface area contributed by atoms with Crippen molar-refractivity contribution in [3.63, 3.8) is 0 Å². The second-order valence-corrected chi connectivity index (χ2v) is 4.33. The largest absolute Gasteiger partial charge is 0.367 e. The molecule has 2 N–H and O–H groups in total. The van der Waals surface area contributed by atoms with Crippen LogP contribution in [0.15, 0.2) is 36.7 Å². The fraction of sp³-hybridized carbons (Fsp3) is 0.286. The Labute approximate surface area is 107 Å². The highest BCUT2D eigenvalue weighted by Gasteiger charge is 2.07.